The van der Waals surface area contributed by atoms with Crippen molar-refractivity contribution in [2.75, 3.05) is 6.54 Å². The summed E-state index contributed by atoms with van der Waals surface area (Å²) < 4.78 is 11.9. The van der Waals surface area contributed by atoms with E-state index in [-0.39, 0.29) is 17.1 Å². The molecule has 22 heavy (non-hydrogen) atoms. The van der Waals surface area contributed by atoms with E-state index in [9.17, 15) is 0 Å². The molecule has 0 bridgehead atoms. The van der Waals surface area contributed by atoms with Crippen molar-refractivity contribution in [2.45, 2.75) is 65.5 Å². The van der Waals surface area contributed by atoms with Gasteiger partial charge in [-0.2, -0.15) is 0 Å². The van der Waals surface area contributed by atoms with E-state index < -0.39 is 0 Å². The minimum absolute atomic E-state index is 0.0178. The van der Waals surface area contributed by atoms with E-state index >= 15 is 0 Å². The number of hydrogen-bond donors (Lipinski definition) is 1. The second kappa shape index (κ2) is 5.96. The fourth-order valence-electron chi connectivity index (χ4n) is 2.19. The zero-order valence-electron chi connectivity index (χ0n) is 14.9. The van der Waals surface area contributed by atoms with Crippen LogP contribution in [0.15, 0.2) is 28.7 Å². The fraction of sp³-hybridized carbons (Fsp3) is 0.579. The molecule has 1 N–H and O–H groups in total. The van der Waals surface area contributed by atoms with Gasteiger partial charge < -0.3 is 14.5 Å². The molecular formula is C19H29NO2. The maximum absolute atomic E-state index is 6.01. The molecule has 3 heteroatoms. The van der Waals surface area contributed by atoms with Crippen LogP contribution in [-0.4, -0.2) is 18.2 Å². The van der Waals surface area contributed by atoms with Gasteiger partial charge in [0.2, 0.25) is 0 Å². The quantitative estimate of drug-likeness (QED) is 0.873. The number of hydrogen-bond acceptors (Lipinski definition) is 3. The lowest BCUT2D eigenvalue weighted by molar-refractivity contribution is 0.203. The van der Waals surface area contributed by atoms with Crippen molar-refractivity contribution in [3.63, 3.8) is 0 Å². The molecule has 1 heterocycles. The van der Waals surface area contributed by atoms with Crippen molar-refractivity contribution in [3.8, 4) is 5.75 Å². The summed E-state index contributed by atoms with van der Waals surface area (Å²) in [4.78, 5) is 0. The largest absolute Gasteiger partial charge is 0.489 e. The summed E-state index contributed by atoms with van der Waals surface area (Å²) in [6.45, 7) is 15.8. The molecule has 2 rings (SSSR count). The van der Waals surface area contributed by atoms with Crippen LogP contribution >= 0.6 is 0 Å². The minimum atomic E-state index is 0.0178. The van der Waals surface area contributed by atoms with Gasteiger partial charge in [-0.3, -0.25) is 0 Å². The first-order valence-electron chi connectivity index (χ1n) is 8.00. The van der Waals surface area contributed by atoms with Crippen molar-refractivity contribution >= 4 is 11.0 Å². The topological polar surface area (TPSA) is 34.4 Å². The Morgan fingerprint density at radius 1 is 1.09 bits per heavy atom. The Morgan fingerprint density at radius 2 is 1.77 bits per heavy atom. The van der Waals surface area contributed by atoms with Crippen LogP contribution in [0.3, 0.4) is 0 Å². The molecule has 1 aromatic heterocycles. The van der Waals surface area contributed by atoms with Gasteiger partial charge in [0.15, 0.2) is 0 Å². The molecule has 0 amide bonds. The van der Waals surface area contributed by atoms with Gasteiger partial charge in [-0.1, -0.05) is 20.8 Å². The SMILES string of the molecule is C[C@@H](CNC(C)(C)C)Oc1ccc2oc(C(C)(C)C)cc2c1. The summed E-state index contributed by atoms with van der Waals surface area (Å²) in [5.74, 6) is 1.89. The smallest absolute Gasteiger partial charge is 0.134 e. The second-order valence-electron chi connectivity index (χ2n) is 8.12. The van der Waals surface area contributed by atoms with Crippen molar-refractivity contribution in [1.29, 1.82) is 0 Å². The van der Waals surface area contributed by atoms with Crippen molar-refractivity contribution in [2.24, 2.45) is 0 Å². The predicted octanol–water partition coefficient (Wildman–Crippen LogP) is 4.89. The average molecular weight is 303 g/mol. The highest BCUT2D eigenvalue weighted by Gasteiger charge is 2.19. The van der Waals surface area contributed by atoms with Gasteiger partial charge >= 0.3 is 0 Å². The molecule has 1 aromatic carbocycles. The third-order valence-corrected chi connectivity index (χ3v) is 3.48. The molecule has 122 valence electrons. The van der Waals surface area contributed by atoms with E-state index in [4.69, 9.17) is 9.15 Å². The van der Waals surface area contributed by atoms with Gasteiger partial charge in [-0.15, -0.1) is 0 Å². The molecule has 0 saturated carbocycles. The highest BCUT2D eigenvalue weighted by atomic mass is 16.5. The normalized spacial score (nSPS) is 14.3. The fourth-order valence-corrected chi connectivity index (χ4v) is 2.19. The summed E-state index contributed by atoms with van der Waals surface area (Å²) >= 11 is 0. The number of rotatable bonds is 4. The van der Waals surface area contributed by atoms with Gasteiger partial charge in [0, 0.05) is 22.9 Å². The zero-order chi connectivity index (χ0) is 16.5. The first kappa shape index (κ1) is 16.9. The Kier molecular flexibility index (Phi) is 4.57. The van der Waals surface area contributed by atoms with Crippen LogP contribution in [0.2, 0.25) is 0 Å². The number of ether oxygens (including phenoxy) is 1. The maximum Gasteiger partial charge on any atom is 0.134 e. The summed E-state index contributed by atoms with van der Waals surface area (Å²) in [7, 11) is 0. The number of furan rings is 1. The molecule has 0 aliphatic heterocycles. The number of benzene rings is 1. The van der Waals surface area contributed by atoms with Gasteiger partial charge in [-0.25, -0.2) is 0 Å². The summed E-state index contributed by atoms with van der Waals surface area (Å²) in [6, 6.07) is 8.14. The van der Waals surface area contributed by atoms with Gasteiger partial charge in [-0.05, 0) is 52.0 Å². The highest BCUT2D eigenvalue weighted by molar-refractivity contribution is 5.79. The van der Waals surface area contributed by atoms with Gasteiger partial charge in [0.05, 0.1) is 0 Å². The molecule has 0 radical (unpaired) electrons. The molecule has 0 fully saturated rings. The highest BCUT2D eigenvalue weighted by Crippen LogP contribution is 2.31. The van der Waals surface area contributed by atoms with Crippen molar-refractivity contribution < 1.29 is 9.15 Å². The Morgan fingerprint density at radius 3 is 2.36 bits per heavy atom. The number of fused-ring (bicyclic) bond motifs is 1. The van der Waals surface area contributed by atoms with Crippen molar-refractivity contribution in [3.05, 3.63) is 30.0 Å². The average Bonchev–Trinajstić information content (AvgIpc) is 2.78. The Labute approximate surface area is 134 Å². The molecule has 0 unspecified atom stereocenters. The molecule has 3 nitrogen and oxygen atoms in total. The lowest BCUT2D eigenvalue weighted by atomic mass is 9.93. The van der Waals surface area contributed by atoms with E-state index in [1.54, 1.807) is 0 Å². The monoisotopic (exact) mass is 303 g/mol. The van der Waals surface area contributed by atoms with Gasteiger partial charge in [0.1, 0.15) is 23.2 Å². The molecular weight excluding hydrogens is 274 g/mol. The number of nitrogens with one attached hydrogen (secondary N) is 1. The van der Waals surface area contributed by atoms with E-state index in [0.29, 0.717) is 0 Å². The molecule has 0 aliphatic rings. The Bertz CT molecular complexity index is 629. The van der Waals surface area contributed by atoms with E-state index in [1.165, 1.54) is 0 Å². The van der Waals surface area contributed by atoms with Crippen LogP contribution in [0.4, 0.5) is 0 Å². The summed E-state index contributed by atoms with van der Waals surface area (Å²) in [5.41, 5.74) is 1.04. The predicted molar refractivity (Wildman–Crippen MR) is 92.8 cm³/mol. The standard InChI is InChI=1S/C19H29NO2/c1-13(12-20-19(5,6)7)21-15-8-9-16-14(10-15)11-17(22-16)18(2,3)4/h8-11,13,20H,12H2,1-7H3/t13-/m0/s1. The molecule has 0 saturated heterocycles. The van der Waals surface area contributed by atoms with Crippen LogP contribution in [0.5, 0.6) is 5.75 Å². The van der Waals surface area contributed by atoms with E-state index in [2.05, 4.69) is 65.9 Å². The van der Waals surface area contributed by atoms with Gasteiger partial charge in [0.25, 0.3) is 0 Å². The molecule has 1 atom stereocenters. The van der Waals surface area contributed by atoms with Crippen LogP contribution < -0.4 is 10.1 Å². The van der Waals surface area contributed by atoms with Crippen LogP contribution in [0, 0.1) is 0 Å². The summed E-state index contributed by atoms with van der Waals surface area (Å²) in [5, 5.41) is 4.56. The minimum Gasteiger partial charge on any atom is -0.489 e. The van der Waals surface area contributed by atoms with Crippen molar-refractivity contribution in [1.82, 2.24) is 5.32 Å². The third-order valence-electron chi connectivity index (χ3n) is 3.48. The second-order valence-corrected chi connectivity index (χ2v) is 8.12. The zero-order valence-corrected chi connectivity index (χ0v) is 14.9. The lowest BCUT2D eigenvalue weighted by Gasteiger charge is -2.24. The Balaban J connectivity index is 2.09. The van der Waals surface area contributed by atoms with E-state index in [0.717, 1.165) is 29.0 Å². The summed E-state index contributed by atoms with van der Waals surface area (Å²) in [6.07, 6.45) is 0.116. The van der Waals surface area contributed by atoms with Crippen LogP contribution in [0.25, 0.3) is 11.0 Å². The van der Waals surface area contributed by atoms with E-state index in [1.807, 2.05) is 12.1 Å². The molecule has 0 spiro atoms. The molecule has 0 aliphatic carbocycles. The van der Waals surface area contributed by atoms with Crippen LogP contribution in [-0.2, 0) is 5.41 Å². The van der Waals surface area contributed by atoms with Crippen LogP contribution in [0.1, 0.15) is 54.2 Å². The third kappa shape index (κ3) is 4.51. The first-order valence-corrected chi connectivity index (χ1v) is 8.00. The lowest BCUT2D eigenvalue weighted by Crippen LogP contribution is -2.41. The molecule has 2 aromatic rings. The Hall–Kier alpha value is -1.48. The first-order chi connectivity index (χ1) is 10.0. The maximum atomic E-state index is 6.01.